The Morgan fingerprint density at radius 1 is 1.07 bits per heavy atom. The third-order valence-corrected chi connectivity index (χ3v) is 6.05. The largest absolute Gasteiger partial charge is 0.497 e. The molecule has 1 fully saturated rings. The Labute approximate surface area is 164 Å². The molecular weight excluding hydrogens is 363 g/mol. The van der Waals surface area contributed by atoms with Crippen LogP contribution in [0.4, 0.5) is 10.1 Å². The van der Waals surface area contributed by atoms with Crippen LogP contribution < -0.4 is 9.64 Å². The van der Waals surface area contributed by atoms with Crippen LogP contribution in [0.3, 0.4) is 0 Å². The number of carbonyl (C=O) groups excluding carboxylic acids is 1. The summed E-state index contributed by atoms with van der Waals surface area (Å²) >= 11 is 1.60. The molecule has 1 unspecified atom stereocenters. The fourth-order valence-corrected chi connectivity index (χ4v) is 4.05. The molecule has 1 aliphatic heterocycles. The average Bonchev–Trinajstić information content (AvgIpc) is 2.72. The smallest absolute Gasteiger partial charge is 0.232 e. The second kappa shape index (κ2) is 9.13. The number of anilines is 1. The van der Waals surface area contributed by atoms with Crippen molar-refractivity contribution in [2.45, 2.75) is 12.2 Å². The third kappa shape index (κ3) is 5.16. The molecule has 0 bridgehead atoms. The molecule has 1 amide bonds. The molecule has 4 nitrogen and oxygen atoms in total. The van der Waals surface area contributed by atoms with Crippen LogP contribution in [0.1, 0.15) is 17.7 Å². The van der Waals surface area contributed by atoms with E-state index in [-0.39, 0.29) is 17.0 Å². The molecule has 0 N–H and O–H groups in total. The number of thioether (sulfide) groups is 1. The number of methoxy groups -OCH3 is 1. The quantitative estimate of drug-likeness (QED) is 0.749. The van der Waals surface area contributed by atoms with Gasteiger partial charge < -0.3 is 14.5 Å². The van der Waals surface area contributed by atoms with E-state index in [0.29, 0.717) is 5.75 Å². The number of carbonyl (C=O) groups is 1. The van der Waals surface area contributed by atoms with Gasteiger partial charge in [0.15, 0.2) is 0 Å². The maximum atomic E-state index is 13.0. The lowest BCUT2D eigenvalue weighted by Gasteiger charge is -2.36. The summed E-state index contributed by atoms with van der Waals surface area (Å²) in [4.78, 5) is 16.7. The highest BCUT2D eigenvalue weighted by molar-refractivity contribution is 8.00. The Balaban J connectivity index is 1.45. The van der Waals surface area contributed by atoms with E-state index in [1.54, 1.807) is 31.0 Å². The lowest BCUT2D eigenvalue weighted by atomic mass is 10.2. The van der Waals surface area contributed by atoms with Crippen LogP contribution in [0.25, 0.3) is 0 Å². The first-order valence-corrected chi connectivity index (χ1v) is 10.2. The zero-order chi connectivity index (χ0) is 19.2. The van der Waals surface area contributed by atoms with Gasteiger partial charge in [-0.25, -0.2) is 4.39 Å². The van der Waals surface area contributed by atoms with Crippen molar-refractivity contribution in [2.75, 3.05) is 43.9 Å². The lowest BCUT2D eigenvalue weighted by Crippen LogP contribution is -2.49. The van der Waals surface area contributed by atoms with Crippen LogP contribution in [0.2, 0.25) is 0 Å². The van der Waals surface area contributed by atoms with Crippen LogP contribution in [-0.4, -0.2) is 49.8 Å². The second-order valence-corrected chi connectivity index (χ2v) is 7.90. The topological polar surface area (TPSA) is 32.8 Å². The zero-order valence-electron chi connectivity index (χ0n) is 15.7. The number of halogens is 1. The highest BCUT2D eigenvalue weighted by atomic mass is 32.2. The number of rotatable bonds is 6. The summed E-state index contributed by atoms with van der Waals surface area (Å²) in [7, 11) is 1.66. The molecule has 6 heteroatoms. The normalized spacial score (nSPS) is 15.5. The molecule has 0 radical (unpaired) electrons. The van der Waals surface area contributed by atoms with Gasteiger partial charge in [0.05, 0.1) is 12.9 Å². The first kappa shape index (κ1) is 19.5. The standard InChI is InChI=1S/C21H25FN2O2S/c1-16(17-3-5-18(22)6-4-17)27-15-21(25)24-13-11-23(12-14-24)19-7-9-20(26-2)10-8-19/h3-10,16H,11-15H2,1-2H3. The summed E-state index contributed by atoms with van der Waals surface area (Å²) in [5, 5.41) is 0.162. The van der Waals surface area contributed by atoms with Crippen molar-refractivity contribution < 1.29 is 13.9 Å². The molecular formula is C21H25FN2O2S. The number of benzene rings is 2. The first-order valence-electron chi connectivity index (χ1n) is 9.10. The van der Waals surface area contributed by atoms with E-state index in [2.05, 4.69) is 17.0 Å². The summed E-state index contributed by atoms with van der Waals surface area (Å²) in [6, 6.07) is 14.5. The fourth-order valence-electron chi connectivity index (χ4n) is 3.12. The van der Waals surface area contributed by atoms with Crippen molar-refractivity contribution in [2.24, 2.45) is 0 Å². The number of ether oxygens (including phenoxy) is 1. The predicted octanol–water partition coefficient (Wildman–Crippen LogP) is 3.98. The van der Waals surface area contributed by atoms with Gasteiger partial charge in [-0.05, 0) is 48.9 Å². The van der Waals surface area contributed by atoms with Crippen LogP contribution in [0.15, 0.2) is 48.5 Å². The molecule has 27 heavy (non-hydrogen) atoms. The Kier molecular flexibility index (Phi) is 6.61. The number of hydrogen-bond acceptors (Lipinski definition) is 4. The second-order valence-electron chi connectivity index (χ2n) is 6.57. The number of piperazine rings is 1. The summed E-state index contributed by atoms with van der Waals surface area (Å²) in [6.07, 6.45) is 0. The van der Waals surface area contributed by atoms with E-state index in [0.717, 1.165) is 43.2 Å². The van der Waals surface area contributed by atoms with Crippen molar-refractivity contribution >= 4 is 23.4 Å². The molecule has 1 saturated heterocycles. The number of nitrogens with zero attached hydrogens (tertiary/aromatic N) is 2. The number of hydrogen-bond donors (Lipinski definition) is 0. The van der Waals surface area contributed by atoms with Gasteiger partial charge >= 0.3 is 0 Å². The SMILES string of the molecule is COc1ccc(N2CCN(C(=O)CSC(C)c3ccc(F)cc3)CC2)cc1. The Morgan fingerprint density at radius 2 is 1.70 bits per heavy atom. The van der Waals surface area contributed by atoms with Crippen molar-refractivity contribution in [3.8, 4) is 5.75 Å². The molecule has 0 saturated carbocycles. The van der Waals surface area contributed by atoms with E-state index < -0.39 is 0 Å². The van der Waals surface area contributed by atoms with Gasteiger partial charge in [-0.1, -0.05) is 12.1 Å². The van der Waals surface area contributed by atoms with E-state index in [4.69, 9.17) is 4.74 Å². The van der Waals surface area contributed by atoms with E-state index in [1.165, 1.54) is 12.1 Å². The highest BCUT2D eigenvalue weighted by Crippen LogP contribution is 2.28. The summed E-state index contributed by atoms with van der Waals surface area (Å²) in [6.45, 7) is 5.17. The minimum atomic E-state index is -0.234. The van der Waals surface area contributed by atoms with E-state index in [1.807, 2.05) is 24.0 Å². The van der Waals surface area contributed by atoms with Gasteiger partial charge in [-0.2, -0.15) is 0 Å². The third-order valence-electron chi connectivity index (χ3n) is 4.87. The maximum Gasteiger partial charge on any atom is 0.232 e. The molecule has 1 aliphatic rings. The fraction of sp³-hybridized carbons (Fsp3) is 0.381. The first-order chi connectivity index (χ1) is 13.1. The van der Waals surface area contributed by atoms with Crippen molar-refractivity contribution in [3.63, 3.8) is 0 Å². The molecule has 1 heterocycles. The predicted molar refractivity (Wildman–Crippen MR) is 109 cm³/mol. The molecule has 0 aliphatic carbocycles. The monoisotopic (exact) mass is 388 g/mol. The Morgan fingerprint density at radius 3 is 2.30 bits per heavy atom. The summed E-state index contributed by atoms with van der Waals surface area (Å²) in [5.41, 5.74) is 2.20. The molecule has 144 valence electrons. The Hall–Kier alpha value is -2.21. The van der Waals surface area contributed by atoms with Crippen LogP contribution in [0.5, 0.6) is 5.75 Å². The van der Waals surface area contributed by atoms with Gasteiger partial charge in [0.25, 0.3) is 0 Å². The molecule has 0 spiro atoms. The van der Waals surface area contributed by atoms with Crippen LogP contribution in [0, 0.1) is 5.82 Å². The summed E-state index contributed by atoms with van der Waals surface area (Å²) in [5.74, 6) is 1.23. The van der Waals surface area contributed by atoms with Crippen molar-refractivity contribution in [1.29, 1.82) is 0 Å². The molecule has 2 aromatic rings. The molecule has 2 aromatic carbocycles. The minimum Gasteiger partial charge on any atom is -0.497 e. The number of amides is 1. The molecule has 0 aromatic heterocycles. The van der Waals surface area contributed by atoms with Crippen molar-refractivity contribution in [1.82, 2.24) is 4.90 Å². The van der Waals surface area contributed by atoms with Crippen LogP contribution in [-0.2, 0) is 4.79 Å². The van der Waals surface area contributed by atoms with E-state index >= 15 is 0 Å². The maximum absolute atomic E-state index is 13.0. The van der Waals surface area contributed by atoms with Gasteiger partial charge in [0, 0.05) is 37.1 Å². The van der Waals surface area contributed by atoms with Gasteiger partial charge in [-0.3, -0.25) is 4.79 Å². The van der Waals surface area contributed by atoms with Crippen molar-refractivity contribution in [3.05, 3.63) is 59.9 Å². The Bertz CT molecular complexity index is 744. The van der Waals surface area contributed by atoms with Gasteiger partial charge in [-0.15, -0.1) is 11.8 Å². The van der Waals surface area contributed by atoms with Gasteiger partial charge in [0.2, 0.25) is 5.91 Å². The summed E-state index contributed by atoms with van der Waals surface area (Å²) < 4.78 is 18.2. The van der Waals surface area contributed by atoms with E-state index in [9.17, 15) is 9.18 Å². The minimum absolute atomic E-state index is 0.162. The molecule has 1 atom stereocenters. The highest BCUT2D eigenvalue weighted by Gasteiger charge is 2.22. The van der Waals surface area contributed by atoms with Gasteiger partial charge in [0.1, 0.15) is 11.6 Å². The molecule has 3 rings (SSSR count). The lowest BCUT2D eigenvalue weighted by molar-refractivity contribution is -0.128. The van der Waals surface area contributed by atoms with Crippen LogP contribution >= 0.6 is 11.8 Å². The zero-order valence-corrected chi connectivity index (χ0v) is 16.5. The average molecular weight is 389 g/mol.